The Morgan fingerprint density at radius 2 is 1.76 bits per heavy atom. The number of methoxy groups -OCH3 is 1. The molecule has 1 aromatic heterocycles. The zero-order chi connectivity index (χ0) is 22.6. The number of morpholine rings is 1. The molecule has 2 heterocycles. The second-order valence-corrected chi connectivity index (χ2v) is 9.67. The summed E-state index contributed by atoms with van der Waals surface area (Å²) in [6, 6.07) is 17.8. The quantitative estimate of drug-likeness (QED) is 0.539. The SMILES string of the molecule is COc1ccccc1C(c1c(NC(=O)c2ccccc2)sc2c1CCCC2)N1CCOCC1. The molecule has 2 aromatic carbocycles. The highest BCUT2D eigenvalue weighted by molar-refractivity contribution is 7.16. The van der Waals surface area contributed by atoms with Gasteiger partial charge in [-0.3, -0.25) is 9.69 Å². The van der Waals surface area contributed by atoms with Crippen molar-refractivity contribution in [2.24, 2.45) is 0 Å². The van der Waals surface area contributed by atoms with Crippen molar-refractivity contribution in [3.63, 3.8) is 0 Å². The lowest BCUT2D eigenvalue weighted by Gasteiger charge is -2.36. The summed E-state index contributed by atoms with van der Waals surface area (Å²) in [5.41, 5.74) is 4.47. The van der Waals surface area contributed by atoms with Crippen LogP contribution in [0.2, 0.25) is 0 Å². The number of nitrogens with zero attached hydrogens (tertiary/aromatic N) is 1. The molecule has 5 rings (SSSR count). The van der Waals surface area contributed by atoms with Gasteiger partial charge in [-0.25, -0.2) is 0 Å². The van der Waals surface area contributed by atoms with E-state index in [9.17, 15) is 4.79 Å². The molecule has 1 aliphatic carbocycles. The largest absolute Gasteiger partial charge is 0.496 e. The average molecular weight is 463 g/mol. The molecule has 1 aliphatic heterocycles. The summed E-state index contributed by atoms with van der Waals surface area (Å²) in [5.74, 6) is 0.821. The molecular formula is C27H30N2O3S. The second kappa shape index (κ2) is 10.1. The van der Waals surface area contributed by atoms with Gasteiger partial charge in [-0.15, -0.1) is 11.3 Å². The van der Waals surface area contributed by atoms with Crippen LogP contribution in [0.3, 0.4) is 0 Å². The van der Waals surface area contributed by atoms with Crippen molar-refractivity contribution in [2.45, 2.75) is 31.7 Å². The molecule has 2 aliphatic rings. The van der Waals surface area contributed by atoms with Crippen molar-refractivity contribution in [1.82, 2.24) is 4.90 Å². The fourth-order valence-electron chi connectivity index (χ4n) is 5.00. The monoisotopic (exact) mass is 462 g/mol. The molecule has 0 saturated carbocycles. The number of carbonyl (C=O) groups excluding carboxylic acids is 1. The number of nitrogens with one attached hydrogen (secondary N) is 1. The van der Waals surface area contributed by atoms with Crippen molar-refractivity contribution >= 4 is 22.2 Å². The van der Waals surface area contributed by atoms with E-state index in [1.54, 1.807) is 18.4 Å². The maximum absolute atomic E-state index is 13.2. The number of rotatable bonds is 6. The maximum atomic E-state index is 13.2. The Hall–Kier alpha value is -2.67. The van der Waals surface area contributed by atoms with Crippen LogP contribution in [0.1, 0.15) is 50.8 Å². The van der Waals surface area contributed by atoms with Gasteiger partial charge < -0.3 is 14.8 Å². The zero-order valence-corrected chi connectivity index (χ0v) is 19.8. The summed E-state index contributed by atoms with van der Waals surface area (Å²) in [7, 11) is 1.73. The Morgan fingerprint density at radius 3 is 2.55 bits per heavy atom. The topological polar surface area (TPSA) is 50.8 Å². The van der Waals surface area contributed by atoms with Gasteiger partial charge >= 0.3 is 0 Å². The van der Waals surface area contributed by atoms with Crippen molar-refractivity contribution < 1.29 is 14.3 Å². The van der Waals surface area contributed by atoms with Crippen LogP contribution in [0, 0.1) is 0 Å². The highest BCUT2D eigenvalue weighted by atomic mass is 32.1. The van der Waals surface area contributed by atoms with Gasteiger partial charge in [-0.2, -0.15) is 0 Å². The number of hydrogen-bond donors (Lipinski definition) is 1. The standard InChI is InChI=1S/C27H30N2O3S/c1-31-22-13-7-5-11-20(22)25(29-15-17-32-18-16-29)24-21-12-6-8-14-23(21)33-27(24)28-26(30)19-9-3-2-4-10-19/h2-5,7,9-11,13,25H,6,8,12,14-18H2,1H3,(H,28,30). The number of thiophene rings is 1. The molecule has 3 aromatic rings. The highest BCUT2D eigenvalue weighted by Crippen LogP contribution is 2.47. The number of para-hydroxylation sites is 1. The van der Waals surface area contributed by atoms with Gasteiger partial charge in [0.05, 0.1) is 26.4 Å². The van der Waals surface area contributed by atoms with Crippen LogP contribution in [0.25, 0.3) is 0 Å². The van der Waals surface area contributed by atoms with Crippen LogP contribution >= 0.6 is 11.3 Å². The first-order valence-corrected chi connectivity index (χ1v) is 12.5. The molecule has 0 bridgehead atoms. The van der Waals surface area contributed by atoms with Gasteiger partial charge in [-0.1, -0.05) is 36.4 Å². The summed E-state index contributed by atoms with van der Waals surface area (Å²) >= 11 is 1.75. The van der Waals surface area contributed by atoms with Crippen molar-refractivity contribution in [1.29, 1.82) is 0 Å². The third-order valence-electron chi connectivity index (χ3n) is 6.59. The normalized spacial score (nSPS) is 17.2. The van der Waals surface area contributed by atoms with Crippen molar-refractivity contribution in [3.8, 4) is 5.75 Å². The van der Waals surface area contributed by atoms with Crippen LogP contribution in [0.4, 0.5) is 5.00 Å². The van der Waals surface area contributed by atoms with E-state index in [4.69, 9.17) is 9.47 Å². The molecule has 1 unspecified atom stereocenters. The summed E-state index contributed by atoms with van der Waals surface area (Å²) in [4.78, 5) is 17.1. The fourth-order valence-corrected chi connectivity index (χ4v) is 6.32. The van der Waals surface area contributed by atoms with Gasteiger partial charge in [0.25, 0.3) is 5.91 Å². The predicted molar refractivity (Wildman–Crippen MR) is 133 cm³/mol. The molecule has 0 radical (unpaired) electrons. The molecule has 0 spiro atoms. The van der Waals surface area contributed by atoms with Gasteiger partial charge in [-0.05, 0) is 49.4 Å². The summed E-state index contributed by atoms with van der Waals surface area (Å²) in [6.45, 7) is 3.12. The lowest BCUT2D eigenvalue weighted by Crippen LogP contribution is -2.40. The van der Waals surface area contributed by atoms with Gasteiger partial charge in [0.15, 0.2) is 0 Å². The van der Waals surface area contributed by atoms with E-state index in [0.29, 0.717) is 18.8 Å². The predicted octanol–water partition coefficient (Wildman–Crippen LogP) is 5.31. The van der Waals surface area contributed by atoms with Gasteiger partial charge in [0, 0.05) is 34.7 Å². The Labute approximate surface area is 199 Å². The molecular weight excluding hydrogens is 432 g/mol. The number of benzene rings is 2. The van der Waals surface area contributed by atoms with E-state index >= 15 is 0 Å². The van der Waals surface area contributed by atoms with Gasteiger partial charge in [0.2, 0.25) is 0 Å². The van der Waals surface area contributed by atoms with Crippen LogP contribution in [0.5, 0.6) is 5.75 Å². The Kier molecular flexibility index (Phi) is 6.76. The van der Waals surface area contributed by atoms with E-state index < -0.39 is 0 Å². The Balaban J connectivity index is 1.63. The van der Waals surface area contributed by atoms with Crippen LogP contribution in [0.15, 0.2) is 54.6 Å². The fraction of sp³-hybridized carbons (Fsp3) is 0.370. The molecule has 1 N–H and O–H groups in total. The minimum atomic E-state index is -0.0591. The number of amides is 1. The summed E-state index contributed by atoms with van der Waals surface area (Å²) < 4.78 is 11.5. The number of anilines is 1. The van der Waals surface area contributed by atoms with Crippen LogP contribution < -0.4 is 10.1 Å². The Bertz CT molecular complexity index is 1110. The van der Waals surface area contributed by atoms with E-state index in [-0.39, 0.29) is 11.9 Å². The van der Waals surface area contributed by atoms with E-state index in [0.717, 1.165) is 42.2 Å². The Morgan fingerprint density at radius 1 is 1.03 bits per heavy atom. The second-order valence-electron chi connectivity index (χ2n) is 8.57. The number of fused-ring (bicyclic) bond motifs is 1. The minimum absolute atomic E-state index is 0.00854. The number of carbonyl (C=O) groups is 1. The van der Waals surface area contributed by atoms with Crippen LogP contribution in [-0.4, -0.2) is 44.2 Å². The van der Waals surface area contributed by atoms with Crippen LogP contribution in [-0.2, 0) is 17.6 Å². The molecule has 6 heteroatoms. The lowest BCUT2D eigenvalue weighted by molar-refractivity contribution is 0.0235. The molecule has 1 fully saturated rings. The van der Waals surface area contributed by atoms with E-state index in [1.807, 2.05) is 42.5 Å². The van der Waals surface area contributed by atoms with Crippen molar-refractivity contribution in [3.05, 3.63) is 81.7 Å². The lowest BCUT2D eigenvalue weighted by atomic mass is 9.88. The molecule has 33 heavy (non-hydrogen) atoms. The minimum Gasteiger partial charge on any atom is -0.496 e. The molecule has 172 valence electrons. The van der Waals surface area contributed by atoms with Gasteiger partial charge in [0.1, 0.15) is 10.8 Å². The third kappa shape index (κ3) is 4.56. The first-order valence-electron chi connectivity index (χ1n) is 11.7. The molecule has 1 saturated heterocycles. The highest BCUT2D eigenvalue weighted by Gasteiger charge is 2.34. The third-order valence-corrected chi connectivity index (χ3v) is 7.82. The summed E-state index contributed by atoms with van der Waals surface area (Å²) in [6.07, 6.45) is 4.52. The van der Waals surface area contributed by atoms with E-state index in [2.05, 4.69) is 22.3 Å². The first kappa shape index (κ1) is 22.1. The number of ether oxygens (including phenoxy) is 2. The molecule has 5 nitrogen and oxygen atoms in total. The first-order chi connectivity index (χ1) is 16.3. The van der Waals surface area contributed by atoms with Crippen molar-refractivity contribution in [2.75, 3.05) is 38.7 Å². The van der Waals surface area contributed by atoms with E-state index in [1.165, 1.54) is 28.8 Å². The number of hydrogen-bond acceptors (Lipinski definition) is 5. The summed E-state index contributed by atoms with van der Waals surface area (Å²) in [5, 5.41) is 4.26. The molecule has 1 amide bonds. The zero-order valence-electron chi connectivity index (χ0n) is 19.0. The molecule has 1 atom stereocenters. The maximum Gasteiger partial charge on any atom is 0.256 e. The smallest absolute Gasteiger partial charge is 0.256 e. The number of aryl methyl sites for hydroxylation is 1. The average Bonchev–Trinajstić information content (AvgIpc) is 3.23.